The number of aromatic hydroxyl groups is 2. The van der Waals surface area contributed by atoms with Crippen molar-refractivity contribution in [3.63, 3.8) is 0 Å². The van der Waals surface area contributed by atoms with E-state index < -0.39 is 21.1 Å². The number of phenols is 2. The normalized spacial score (nSPS) is 11.4. The first-order valence-corrected chi connectivity index (χ1v) is 8.93. The van der Waals surface area contributed by atoms with Crippen molar-refractivity contribution in [1.82, 2.24) is 0 Å². The second-order valence-corrected chi connectivity index (χ2v) is 6.38. The maximum absolute atomic E-state index is 11.8. The van der Waals surface area contributed by atoms with Crippen molar-refractivity contribution < 1.29 is 41.9 Å². The Morgan fingerprint density at radius 3 is 1.36 bits per heavy atom. The lowest BCUT2D eigenvalue weighted by molar-refractivity contribution is 0.403. The maximum Gasteiger partial charge on any atom is 0.456 e. The molecule has 2 aromatic rings. The molecule has 0 saturated heterocycles. The van der Waals surface area contributed by atoms with Gasteiger partial charge in [0.2, 0.25) is 0 Å². The van der Waals surface area contributed by atoms with Gasteiger partial charge in [-0.25, -0.2) is 0 Å². The summed E-state index contributed by atoms with van der Waals surface area (Å²) >= 11 is 0. The Labute approximate surface area is 160 Å². The molecule has 0 bridgehead atoms. The van der Waals surface area contributed by atoms with E-state index in [4.69, 9.17) is 20.2 Å². The molecule has 0 fully saturated rings. The molecular weight excluding hydrogens is 438 g/mol. The summed E-state index contributed by atoms with van der Waals surface area (Å²) in [4.78, 5) is 0. The van der Waals surface area contributed by atoms with Crippen LogP contribution in [0.2, 0.25) is 0 Å². The molecule has 6 nitrogen and oxygen atoms in total. The molecule has 2 aromatic carbocycles. The van der Waals surface area contributed by atoms with E-state index in [1.165, 1.54) is 12.1 Å². The van der Waals surface area contributed by atoms with E-state index in [1.807, 2.05) is 0 Å². The monoisotopic (exact) mass is 458 g/mol. The highest BCUT2D eigenvalue weighted by molar-refractivity contribution is 8.01. The van der Waals surface area contributed by atoms with E-state index >= 15 is 0 Å². The lowest BCUT2D eigenvalue weighted by Gasteiger charge is -1.95. The van der Waals surface area contributed by atoms with Crippen LogP contribution in [0, 0.1) is 0 Å². The molecule has 0 aliphatic carbocycles. The zero-order chi connectivity index (χ0) is 20.6. The Morgan fingerprint density at radius 2 is 1.11 bits per heavy atom. The van der Waals surface area contributed by atoms with Crippen molar-refractivity contribution in [2.24, 2.45) is 4.36 Å². The number of halogens is 6. The molecule has 2 rings (SSSR count). The van der Waals surface area contributed by atoms with Crippen LogP contribution in [0.25, 0.3) is 0 Å². The molecule has 0 aromatic heterocycles. The van der Waals surface area contributed by atoms with E-state index in [1.54, 1.807) is 24.3 Å². The van der Waals surface area contributed by atoms with Crippen molar-refractivity contribution in [3.05, 3.63) is 48.5 Å². The summed E-state index contributed by atoms with van der Waals surface area (Å²) in [6.45, 7) is 0. The number of hydrogen-bond acceptors (Lipinski definition) is 6. The number of rotatable bonds is 1. The minimum Gasteiger partial charge on any atom is -0.508 e. The van der Waals surface area contributed by atoms with Crippen LogP contribution in [-0.2, 0) is 21.1 Å². The number of phenolic OH excluding ortho intramolecular Hbond substituents is 2. The summed E-state index contributed by atoms with van der Waals surface area (Å²) in [5.74, 6) is 0.192. The molecule has 0 aliphatic heterocycles. The summed E-state index contributed by atoms with van der Waals surface area (Å²) in [6, 6.07) is 11.1. The number of benzene rings is 2. The topological polar surface area (TPSA) is 113 Å². The van der Waals surface area contributed by atoms with Crippen molar-refractivity contribution in [3.8, 4) is 11.5 Å². The largest absolute Gasteiger partial charge is 0.508 e. The molecule has 0 saturated carbocycles. The molecule has 0 radical (unpaired) electrons. The van der Waals surface area contributed by atoms with Crippen LogP contribution in [0.3, 0.4) is 0 Å². The second-order valence-electron chi connectivity index (χ2n) is 4.20. The summed E-state index contributed by atoms with van der Waals surface area (Å²) in [5.41, 5.74) is 5.86. The van der Waals surface area contributed by atoms with Gasteiger partial charge in [-0.2, -0.15) is 8.42 Å². The highest BCUT2D eigenvalue weighted by Gasteiger charge is 2.33. The van der Waals surface area contributed by atoms with Crippen LogP contribution >= 0.6 is 0 Å². The predicted octanol–water partition coefficient (Wildman–Crippen LogP) is 5.85. The van der Waals surface area contributed by atoms with Gasteiger partial charge in [-0.05, 0) is 48.5 Å². The molecule has 164 valence electrons. The van der Waals surface area contributed by atoms with Crippen molar-refractivity contribution in [1.29, 1.82) is 0 Å². The summed E-state index contributed by atoms with van der Waals surface area (Å²) in [7, 11) is -13.2. The van der Waals surface area contributed by atoms with Gasteiger partial charge in [0.1, 0.15) is 11.5 Å². The van der Waals surface area contributed by atoms with Crippen LogP contribution < -0.4 is 5.73 Å². The van der Waals surface area contributed by atoms with Gasteiger partial charge >= 0.3 is 21.1 Å². The Morgan fingerprint density at radius 1 is 0.821 bits per heavy atom. The Bertz CT molecular complexity index is 843. The molecular formula is C14H20F6N2O4S2. The van der Waals surface area contributed by atoms with Gasteiger partial charge in [-0.1, -0.05) is 38.2 Å². The van der Waals surface area contributed by atoms with Gasteiger partial charge in [-0.3, -0.25) is 0 Å². The molecule has 28 heavy (non-hydrogen) atoms. The second kappa shape index (κ2) is 11.4. The average Bonchev–Trinajstić information content (AvgIpc) is 2.41. The van der Waals surface area contributed by atoms with Crippen molar-refractivity contribution >= 4 is 32.5 Å². The van der Waals surface area contributed by atoms with E-state index in [2.05, 4.69) is 4.36 Å². The van der Waals surface area contributed by atoms with Gasteiger partial charge in [0, 0.05) is 5.69 Å². The van der Waals surface area contributed by atoms with Gasteiger partial charge in [0.15, 0.2) is 0 Å². The molecule has 0 spiro atoms. The predicted molar refractivity (Wildman–Crippen MR) is 99.1 cm³/mol. The van der Waals surface area contributed by atoms with E-state index in [-0.39, 0.29) is 32.0 Å². The fraction of sp³-hybridized carbons (Fsp3) is 0.143. The lowest BCUT2D eigenvalue weighted by Crippen LogP contribution is -1.97. The smallest absolute Gasteiger partial charge is 0.456 e. The zero-order valence-corrected chi connectivity index (χ0v) is 14.1. The summed E-state index contributed by atoms with van der Waals surface area (Å²) in [6.07, 6.45) is 0. The van der Waals surface area contributed by atoms with Gasteiger partial charge in [0.25, 0.3) is 0 Å². The maximum atomic E-state index is 11.8. The Kier molecular flexibility index (Phi) is 12.3. The first-order chi connectivity index (χ1) is 11.5. The van der Waals surface area contributed by atoms with E-state index in [0.717, 1.165) is 12.1 Å². The molecule has 0 amide bonds. The standard InChI is InChI=1S/C6H5F2NO2S.C6H7NO.2CH4.F4OS/c7-12(8,11)9-5-1-3-6(10)4-2-5;7-5-1-3-6(8)4-2-5;;;1-6(2,3,4)5/h1-4,10H;1-4,8H,7H2;2*1H4;. The van der Waals surface area contributed by atoms with E-state index in [0.29, 0.717) is 5.69 Å². The highest BCUT2D eigenvalue weighted by atomic mass is 32.4. The fourth-order valence-electron chi connectivity index (χ4n) is 1.11. The summed E-state index contributed by atoms with van der Waals surface area (Å²) in [5, 5.41) is 17.5. The lowest BCUT2D eigenvalue weighted by atomic mass is 10.3. The Hall–Kier alpha value is -2.48. The van der Waals surface area contributed by atoms with Gasteiger partial charge < -0.3 is 15.9 Å². The minimum atomic E-state index is -8.10. The average molecular weight is 458 g/mol. The van der Waals surface area contributed by atoms with Crippen LogP contribution in [-0.4, -0.2) is 18.6 Å². The SMILES string of the molecule is C.C.Nc1ccc(O)cc1.O=S(F)(F)(F)F.O=S(F)(F)=Nc1ccc(O)cc1. The van der Waals surface area contributed by atoms with Gasteiger partial charge in [-0.15, -0.1) is 4.36 Å². The Balaban J connectivity index is -0.000000344. The summed E-state index contributed by atoms with van der Waals surface area (Å²) < 4.78 is 83.9. The number of anilines is 1. The number of nitrogen functional groups attached to an aromatic ring is 1. The van der Waals surface area contributed by atoms with Crippen LogP contribution in [0.1, 0.15) is 14.9 Å². The van der Waals surface area contributed by atoms with E-state index in [9.17, 15) is 27.5 Å². The number of hydrogen-bond donors (Lipinski definition) is 3. The molecule has 0 aliphatic rings. The number of nitrogens with two attached hydrogens (primary N) is 1. The quantitative estimate of drug-likeness (QED) is 0.215. The molecule has 0 heterocycles. The highest BCUT2D eigenvalue weighted by Crippen LogP contribution is 2.31. The molecule has 14 heteroatoms. The van der Waals surface area contributed by atoms with Crippen molar-refractivity contribution in [2.45, 2.75) is 14.9 Å². The van der Waals surface area contributed by atoms with Crippen LogP contribution in [0.5, 0.6) is 11.5 Å². The molecule has 0 unspecified atom stereocenters. The minimum absolute atomic E-state index is 0. The fourth-order valence-corrected chi connectivity index (χ4v) is 1.48. The molecule has 4 N–H and O–H groups in total. The van der Waals surface area contributed by atoms with Gasteiger partial charge in [0.05, 0.1) is 5.69 Å². The first kappa shape index (κ1) is 30.3. The van der Waals surface area contributed by atoms with Crippen molar-refractivity contribution in [2.75, 3.05) is 5.73 Å². The third-order valence-electron chi connectivity index (χ3n) is 1.95. The number of nitrogens with zero attached hydrogens (tertiary/aromatic N) is 1. The first-order valence-electron chi connectivity index (χ1n) is 6.04. The van der Waals surface area contributed by atoms with Crippen LogP contribution in [0.15, 0.2) is 52.9 Å². The third kappa shape index (κ3) is 23.5. The zero-order valence-electron chi connectivity index (χ0n) is 12.4. The van der Waals surface area contributed by atoms with Crippen LogP contribution in [0.4, 0.5) is 34.7 Å². The molecule has 0 atom stereocenters. The third-order valence-corrected chi connectivity index (χ3v) is 2.38.